The summed E-state index contributed by atoms with van der Waals surface area (Å²) in [5.74, 6) is 0.117. The molecule has 6 atom stereocenters. The van der Waals surface area contributed by atoms with Gasteiger partial charge in [0.15, 0.2) is 6.29 Å². The highest BCUT2D eigenvalue weighted by molar-refractivity contribution is 5.76. The Balaban J connectivity index is 2.54. The van der Waals surface area contributed by atoms with Crippen LogP contribution in [0, 0.1) is 22.2 Å². The molecule has 1 aliphatic rings. The average molecular weight is 391 g/mol. The molecule has 0 aromatic rings. The van der Waals surface area contributed by atoms with E-state index in [1.807, 2.05) is 34.6 Å². The van der Waals surface area contributed by atoms with Crippen LogP contribution in [0.1, 0.15) is 41.0 Å². The summed E-state index contributed by atoms with van der Waals surface area (Å²) in [6, 6.07) is 0. The van der Waals surface area contributed by atoms with E-state index in [1.54, 1.807) is 0 Å². The van der Waals surface area contributed by atoms with Gasteiger partial charge in [0.05, 0.1) is 12.0 Å². The summed E-state index contributed by atoms with van der Waals surface area (Å²) in [5, 5.41) is 32.1. The number of nitrogens with zero attached hydrogens (tertiary/aromatic N) is 1. The van der Waals surface area contributed by atoms with Gasteiger partial charge in [-0.15, -0.1) is 0 Å². The largest absolute Gasteiger partial charge is 0.463 e. The van der Waals surface area contributed by atoms with Crippen molar-refractivity contribution in [1.82, 2.24) is 0 Å². The summed E-state index contributed by atoms with van der Waals surface area (Å²) in [6.45, 7) is 9.40. The van der Waals surface area contributed by atoms with Crippen molar-refractivity contribution < 1.29 is 34.3 Å². The van der Waals surface area contributed by atoms with Crippen molar-refractivity contribution in [2.24, 2.45) is 22.4 Å². The summed E-state index contributed by atoms with van der Waals surface area (Å²) < 4.78 is 15.9. The number of carbonyl (C=O) groups excluding carboxylic acids is 1. The summed E-state index contributed by atoms with van der Waals surface area (Å²) >= 11 is 0. The van der Waals surface area contributed by atoms with E-state index in [1.165, 1.54) is 0 Å². The SMILES string of the molecule is CC(C)CC(C)(C(=O)OCCOC1OC(CN=O)C(O)C(O)C1O)C(C)C. The Labute approximate surface area is 160 Å². The highest BCUT2D eigenvalue weighted by Crippen LogP contribution is 2.35. The molecule has 1 fully saturated rings. The lowest BCUT2D eigenvalue weighted by molar-refractivity contribution is -0.295. The number of carbonyl (C=O) groups is 1. The van der Waals surface area contributed by atoms with Crippen LogP contribution < -0.4 is 0 Å². The molecular weight excluding hydrogens is 358 g/mol. The Hall–Kier alpha value is -1.13. The zero-order valence-electron chi connectivity index (χ0n) is 16.7. The molecule has 0 amide bonds. The summed E-state index contributed by atoms with van der Waals surface area (Å²) in [7, 11) is 0. The monoisotopic (exact) mass is 391 g/mol. The first-order valence-electron chi connectivity index (χ1n) is 9.32. The molecule has 0 radical (unpaired) electrons. The van der Waals surface area contributed by atoms with Crippen molar-refractivity contribution in [2.75, 3.05) is 19.8 Å². The van der Waals surface area contributed by atoms with E-state index in [9.17, 15) is 25.0 Å². The predicted molar refractivity (Wildman–Crippen MR) is 96.7 cm³/mol. The Kier molecular flexibility index (Phi) is 9.23. The van der Waals surface area contributed by atoms with Gasteiger partial charge in [-0.3, -0.25) is 4.79 Å². The molecule has 0 saturated carbocycles. The zero-order chi connectivity index (χ0) is 20.8. The zero-order valence-corrected chi connectivity index (χ0v) is 16.7. The van der Waals surface area contributed by atoms with Gasteiger partial charge in [-0.05, 0) is 25.2 Å². The Morgan fingerprint density at radius 2 is 1.74 bits per heavy atom. The van der Waals surface area contributed by atoms with Gasteiger partial charge < -0.3 is 29.5 Å². The first-order chi connectivity index (χ1) is 12.5. The third kappa shape index (κ3) is 6.18. The van der Waals surface area contributed by atoms with Crippen LogP contribution in [0.15, 0.2) is 5.18 Å². The third-order valence-electron chi connectivity index (χ3n) is 5.09. The normalized spacial score (nSPS) is 31.0. The van der Waals surface area contributed by atoms with Crippen molar-refractivity contribution in [2.45, 2.75) is 71.7 Å². The van der Waals surface area contributed by atoms with Gasteiger partial charge in [-0.25, -0.2) is 0 Å². The lowest BCUT2D eigenvalue weighted by atomic mass is 9.73. The van der Waals surface area contributed by atoms with Gasteiger partial charge in [-0.1, -0.05) is 32.9 Å². The van der Waals surface area contributed by atoms with Crippen molar-refractivity contribution in [3.05, 3.63) is 4.91 Å². The van der Waals surface area contributed by atoms with E-state index < -0.39 is 36.1 Å². The summed E-state index contributed by atoms with van der Waals surface area (Å²) in [4.78, 5) is 22.9. The molecule has 0 spiro atoms. The number of hydrogen-bond acceptors (Lipinski definition) is 9. The molecule has 27 heavy (non-hydrogen) atoms. The molecule has 1 rings (SSSR count). The maximum Gasteiger partial charge on any atom is 0.312 e. The molecule has 3 N–H and O–H groups in total. The number of esters is 1. The first kappa shape index (κ1) is 23.9. The van der Waals surface area contributed by atoms with Gasteiger partial charge in [-0.2, -0.15) is 4.91 Å². The van der Waals surface area contributed by atoms with E-state index in [2.05, 4.69) is 5.18 Å². The van der Waals surface area contributed by atoms with Crippen LogP contribution in [0.3, 0.4) is 0 Å². The molecule has 0 aromatic carbocycles. The van der Waals surface area contributed by atoms with Crippen molar-refractivity contribution >= 4 is 5.97 Å². The topological polar surface area (TPSA) is 135 Å². The molecule has 0 bridgehead atoms. The third-order valence-corrected chi connectivity index (χ3v) is 5.09. The fraction of sp³-hybridized carbons (Fsp3) is 0.944. The van der Waals surface area contributed by atoms with Gasteiger partial charge in [0.2, 0.25) is 0 Å². The molecule has 1 saturated heterocycles. The van der Waals surface area contributed by atoms with E-state index >= 15 is 0 Å². The first-order valence-corrected chi connectivity index (χ1v) is 9.32. The maximum absolute atomic E-state index is 12.5. The minimum Gasteiger partial charge on any atom is -0.463 e. The Morgan fingerprint density at radius 3 is 2.26 bits per heavy atom. The van der Waals surface area contributed by atoms with Gasteiger partial charge in [0, 0.05) is 0 Å². The molecule has 1 heterocycles. The minimum atomic E-state index is -1.53. The molecule has 1 aliphatic heterocycles. The van der Waals surface area contributed by atoms with Gasteiger partial charge in [0.25, 0.3) is 0 Å². The summed E-state index contributed by atoms with van der Waals surface area (Å²) in [5.41, 5.74) is -0.615. The van der Waals surface area contributed by atoms with Crippen LogP contribution >= 0.6 is 0 Å². The van der Waals surface area contributed by atoms with Crippen LogP contribution in [0.2, 0.25) is 0 Å². The molecule has 158 valence electrons. The number of hydrogen-bond donors (Lipinski definition) is 3. The fourth-order valence-corrected chi connectivity index (χ4v) is 3.14. The standard InChI is InChI=1S/C18H33NO8/c1-10(2)8-18(5,11(3)4)17(23)26-7-6-25-16-15(22)14(21)13(20)12(27-16)9-19-24/h10-16,20-22H,6-9H2,1-5H3. The number of ether oxygens (including phenoxy) is 3. The average Bonchev–Trinajstić information content (AvgIpc) is 2.59. The second kappa shape index (κ2) is 10.4. The smallest absolute Gasteiger partial charge is 0.312 e. The lowest BCUT2D eigenvalue weighted by Gasteiger charge is -2.39. The number of aliphatic hydroxyl groups is 3. The quantitative estimate of drug-likeness (QED) is 0.283. The van der Waals surface area contributed by atoms with Crippen LogP contribution in [0.5, 0.6) is 0 Å². The van der Waals surface area contributed by atoms with E-state index in [0.717, 1.165) is 0 Å². The summed E-state index contributed by atoms with van der Waals surface area (Å²) in [6.07, 6.45) is -6.13. The molecule has 9 heteroatoms. The van der Waals surface area contributed by atoms with Gasteiger partial charge >= 0.3 is 5.97 Å². The minimum absolute atomic E-state index is 0.0545. The second-order valence-corrected chi connectivity index (χ2v) is 8.00. The second-order valence-electron chi connectivity index (χ2n) is 8.00. The van der Waals surface area contributed by atoms with Crippen LogP contribution in [0.4, 0.5) is 0 Å². The van der Waals surface area contributed by atoms with Crippen molar-refractivity contribution in [1.29, 1.82) is 0 Å². The molecule has 0 aliphatic carbocycles. The van der Waals surface area contributed by atoms with Crippen molar-refractivity contribution in [3.8, 4) is 0 Å². The molecular formula is C18H33NO8. The van der Waals surface area contributed by atoms with E-state index in [-0.39, 0.29) is 31.6 Å². The Bertz CT molecular complexity index is 486. The number of rotatable bonds is 10. The van der Waals surface area contributed by atoms with Crippen LogP contribution in [-0.4, -0.2) is 71.8 Å². The van der Waals surface area contributed by atoms with Crippen LogP contribution in [-0.2, 0) is 19.0 Å². The maximum atomic E-state index is 12.5. The highest BCUT2D eigenvalue weighted by Gasteiger charge is 2.44. The van der Waals surface area contributed by atoms with Crippen molar-refractivity contribution in [3.63, 3.8) is 0 Å². The highest BCUT2D eigenvalue weighted by atomic mass is 16.7. The molecule has 9 nitrogen and oxygen atoms in total. The van der Waals surface area contributed by atoms with Crippen LogP contribution in [0.25, 0.3) is 0 Å². The van der Waals surface area contributed by atoms with E-state index in [0.29, 0.717) is 12.3 Å². The van der Waals surface area contributed by atoms with Gasteiger partial charge in [0.1, 0.15) is 37.6 Å². The molecule has 6 unspecified atom stereocenters. The fourth-order valence-electron chi connectivity index (χ4n) is 3.14. The predicted octanol–water partition coefficient (Wildman–Crippen LogP) is 0.829. The number of nitroso groups, excluding NO2 is 1. The number of aliphatic hydroxyl groups excluding tert-OH is 3. The Morgan fingerprint density at radius 1 is 1.11 bits per heavy atom. The molecule has 0 aromatic heterocycles. The van der Waals surface area contributed by atoms with E-state index in [4.69, 9.17) is 14.2 Å². The lowest BCUT2D eigenvalue weighted by Crippen LogP contribution is -2.59.